The number of rotatable bonds is 6. The molecule has 6 nitrogen and oxygen atoms in total. The molecule has 1 aromatic carbocycles. The molecular formula is C16H24FN3O3. The average molecular weight is 325 g/mol. The molecule has 0 saturated carbocycles. The third kappa shape index (κ3) is 6.14. The van der Waals surface area contributed by atoms with E-state index >= 15 is 0 Å². The van der Waals surface area contributed by atoms with E-state index in [1.807, 2.05) is 20.8 Å². The molecule has 0 fully saturated rings. The van der Waals surface area contributed by atoms with Gasteiger partial charge >= 0.3 is 6.03 Å². The van der Waals surface area contributed by atoms with Crippen LogP contribution in [-0.2, 0) is 4.79 Å². The number of amides is 3. The molecule has 2 atom stereocenters. The number of carbonyl (C=O) groups excluding carboxylic acids is 2. The van der Waals surface area contributed by atoms with Crippen LogP contribution in [0.4, 0.5) is 9.18 Å². The minimum atomic E-state index is -0.775. The Kier molecular flexibility index (Phi) is 6.36. The largest absolute Gasteiger partial charge is 0.488 e. The maximum Gasteiger partial charge on any atom is 0.312 e. The van der Waals surface area contributed by atoms with Gasteiger partial charge in [0.1, 0.15) is 12.6 Å². The molecule has 0 saturated heterocycles. The van der Waals surface area contributed by atoms with Crippen molar-refractivity contribution in [2.45, 2.75) is 39.8 Å². The zero-order chi connectivity index (χ0) is 17.6. The fourth-order valence-electron chi connectivity index (χ4n) is 1.82. The molecule has 23 heavy (non-hydrogen) atoms. The number of hydrogen-bond donors (Lipinski definition) is 3. The van der Waals surface area contributed by atoms with E-state index in [9.17, 15) is 14.0 Å². The van der Waals surface area contributed by atoms with E-state index in [-0.39, 0.29) is 29.7 Å². The van der Waals surface area contributed by atoms with Gasteiger partial charge in [-0.2, -0.15) is 0 Å². The zero-order valence-electron chi connectivity index (χ0n) is 13.9. The van der Waals surface area contributed by atoms with E-state index in [2.05, 4.69) is 10.6 Å². The first-order valence-electron chi connectivity index (χ1n) is 7.35. The zero-order valence-corrected chi connectivity index (χ0v) is 13.9. The van der Waals surface area contributed by atoms with E-state index in [1.165, 1.54) is 19.1 Å². The predicted molar refractivity (Wildman–Crippen MR) is 85.5 cm³/mol. The normalized spacial score (nSPS) is 13.8. The highest BCUT2D eigenvalue weighted by Gasteiger charge is 2.29. The van der Waals surface area contributed by atoms with Crippen molar-refractivity contribution in [3.63, 3.8) is 0 Å². The fraction of sp³-hybridized carbons (Fsp3) is 0.500. The standard InChI is InChI=1S/C16H24FN3O3/c1-10(19-15(18)22)14(21)20-13(16(2,3)4)9-23-12-8-6-5-7-11(12)17/h5-8,10,13H,9H2,1-4H3,(H,20,21)(H3,18,19,22)/t10-,13+/m0/s1. The van der Waals surface area contributed by atoms with Gasteiger partial charge in [0.2, 0.25) is 5.91 Å². The molecule has 0 unspecified atom stereocenters. The van der Waals surface area contributed by atoms with E-state index in [0.717, 1.165) is 0 Å². The van der Waals surface area contributed by atoms with E-state index in [1.54, 1.807) is 12.1 Å². The third-order valence-corrected chi connectivity index (χ3v) is 3.36. The lowest BCUT2D eigenvalue weighted by Gasteiger charge is -2.32. The van der Waals surface area contributed by atoms with Crippen LogP contribution in [0.15, 0.2) is 24.3 Å². The van der Waals surface area contributed by atoms with Crippen molar-refractivity contribution >= 4 is 11.9 Å². The van der Waals surface area contributed by atoms with Crippen LogP contribution in [0, 0.1) is 11.2 Å². The SMILES string of the molecule is C[C@H](NC(N)=O)C(=O)N[C@H](COc1ccccc1F)C(C)(C)C. The average Bonchev–Trinajstić information content (AvgIpc) is 2.42. The Morgan fingerprint density at radius 3 is 2.39 bits per heavy atom. The highest BCUT2D eigenvalue weighted by molar-refractivity contribution is 5.86. The van der Waals surface area contributed by atoms with Crippen molar-refractivity contribution in [2.75, 3.05) is 6.61 Å². The minimum absolute atomic E-state index is 0.0967. The number of hydrogen-bond acceptors (Lipinski definition) is 3. The summed E-state index contributed by atoms with van der Waals surface area (Å²) in [6.07, 6.45) is 0. The van der Waals surface area contributed by atoms with Gasteiger partial charge in [-0.25, -0.2) is 9.18 Å². The van der Waals surface area contributed by atoms with Crippen LogP contribution in [0.5, 0.6) is 5.75 Å². The summed E-state index contributed by atoms with van der Waals surface area (Å²) >= 11 is 0. The second kappa shape index (κ2) is 7.80. The Morgan fingerprint density at radius 2 is 1.87 bits per heavy atom. The third-order valence-electron chi connectivity index (χ3n) is 3.36. The lowest BCUT2D eigenvalue weighted by atomic mass is 9.87. The predicted octanol–water partition coefficient (Wildman–Crippen LogP) is 1.79. The summed E-state index contributed by atoms with van der Waals surface area (Å²) in [7, 11) is 0. The molecule has 7 heteroatoms. The van der Waals surface area contributed by atoms with Crippen LogP contribution in [0.2, 0.25) is 0 Å². The molecule has 3 amide bonds. The highest BCUT2D eigenvalue weighted by atomic mass is 19.1. The first-order valence-corrected chi connectivity index (χ1v) is 7.35. The number of carbonyl (C=O) groups is 2. The maximum absolute atomic E-state index is 13.6. The van der Waals surface area contributed by atoms with Crippen LogP contribution in [-0.4, -0.2) is 30.6 Å². The highest BCUT2D eigenvalue weighted by Crippen LogP contribution is 2.22. The lowest BCUT2D eigenvalue weighted by molar-refractivity contribution is -0.124. The molecule has 0 radical (unpaired) electrons. The van der Waals surface area contributed by atoms with Crippen molar-refractivity contribution in [3.05, 3.63) is 30.1 Å². The lowest BCUT2D eigenvalue weighted by Crippen LogP contribution is -2.54. The monoisotopic (exact) mass is 325 g/mol. The van der Waals surface area contributed by atoms with Gasteiger partial charge in [0.15, 0.2) is 11.6 Å². The number of primary amides is 1. The van der Waals surface area contributed by atoms with Gasteiger partial charge < -0.3 is 21.1 Å². The van der Waals surface area contributed by atoms with Crippen LogP contribution in [0.25, 0.3) is 0 Å². The van der Waals surface area contributed by atoms with E-state index < -0.39 is 17.9 Å². The van der Waals surface area contributed by atoms with Crippen molar-refractivity contribution in [2.24, 2.45) is 11.1 Å². The second-order valence-electron chi connectivity index (χ2n) is 6.40. The first-order chi connectivity index (χ1) is 10.6. The van der Waals surface area contributed by atoms with Gasteiger partial charge in [-0.15, -0.1) is 0 Å². The summed E-state index contributed by atoms with van der Waals surface area (Å²) in [5.41, 5.74) is 4.68. The van der Waals surface area contributed by atoms with Gasteiger partial charge in [0, 0.05) is 0 Å². The van der Waals surface area contributed by atoms with Crippen LogP contribution in [0.3, 0.4) is 0 Å². The van der Waals surface area contributed by atoms with Crippen LogP contribution in [0.1, 0.15) is 27.7 Å². The molecule has 0 spiro atoms. The number of halogens is 1. The molecule has 0 aliphatic heterocycles. The smallest absolute Gasteiger partial charge is 0.312 e. The summed E-state index contributed by atoms with van der Waals surface area (Å²) in [5.74, 6) is -0.726. The topological polar surface area (TPSA) is 93.5 Å². The van der Waals surface area contributed by atoms with Crippen molar-refractivity contribution in [1.82, 2.24) is 10.6 Å². The van der Waals surface area contributed by atoms with Crippen molar-refractivity contribution in [3.8, 4) is 5.75 Å². The Hall–Kier alpha value is -2.31. The Labute approximate surface area is 135 Å². The summed E-state index contributed by atoms with van der Waals surface area (Å²) in [4.78, 5) is 22.9. The molecule has 4 N–H and O–H groups in total. The molecule has 0 aliphatic carbocycles. The molecule has 128 valence electrons. The summed E-state index contributed by atoms with van der Waals surface area (Å²) in [5, 5.41) is 5.10. The molecule has 0 aliphatic rings. The van der Waals surface area contributed by atoms with Gasteiger partial charge in [-0.3, -0.25) is 4.79 Å². The van der Waals surface area contributed by atoms with Gasteiger partial charge in [0.25, 0.3) is 0 Å². The number of ether oxygens (including phenoxy) is 1. The molecule has 1 aromatic rings. The number of para-hydroxylation sites is 1. The molecule has 0 heterocycles. The quantitative estimate of drug-likeness (QED) is 0.744. The Morgan fingerprint density at radius 1 is 1.26 bits per heavy atom. The number of urea groups is 1. The van der Waals surface area contributed by atoms with Crippen molar-refractivity contribution in [1.29, 1.82) is 0 Å². The molecular weight excluding hydrogens is 301 g/mol. The Bertz CT molecular complexity index is 558. The second-order valence-corrected chi connectivity index (χ2v) is 6.40. The van der Waals surface area contributed by atoms with Crippen molar-refractivity contribution < 1.29 is 18.7 Å². The van der Waals surface area contributed by atoms with Crippen LogP contribution < -0.4 is 21.1 Å². The summed E-state index contributed by atoms with van der Waals surface area (Å²) < 4.78 is 19.1. The Balaban J connectivity index is 2.72. The number of nitrogens with two attached hydrogens (primary N) is 1. The molecule has 0 aromatic heterocycles. The van der Waals surface area contributed by atoms with Gasteiger partial charge in [-0.05, 0) is 24.5 Å². The summed E-state index contributed by atoms with van der Waals surface area (Å²) in [6.45, 7) is 7.40. The minimum Gasteiger partial charge on any atom is -0.488 e. The number of nitrogens with one attached hydrogen (secondary N) is 2. The number of benzene rings is 1. The molecule has 1 rings (SSSR count). The van der Waals surface area contributed by atoms with Gasteiger partial charge in [0.05, 0.1) is 6.04 Å². The maximum atomic E-state index is 13.6. The van der Waals surface area contributed by atoms with E-state index in [4.69, 9.17) is 10.5 Å². The van der Waals surface area contributed by atoms with Crippen LogP contribution >= 0.6 is 0 Å². The molecule has 0 bridgehead atoms. The fourth-order valence-corrected chi connectivity index (χ4v) is 1.82. The summed E-state index contributed by atoms with van der Waals surface area (Å²) in [6, 6.07) is 4.14. The first kappa shape index (κ1) is 18.7. The van der Waals surface area contributed by atoms with Gasteiger partial charge in [-0.1, -0.05) is 32.9 Å². The van der Waals surface area contributed by atoms with E-state index in [0.29, 0.717) is 0 Å².